The van der Waals surface area contributed by atoms with Crippen LogP contribution in [-0.2, 0) is 22.3 Å². The molecule has 0 spiro atoms. The Morgan fingerprint density at radius 3 is 2.19 bits per heavy atom. The van der Waals surface area contributed by atoms with Crippen LogP contribution in [0.15, 0.2) is 48.5 Å². The molecule has 2 aromatic rings. The van der Waals surface area contributed by atoms with Crippen LogP contribution in [0.25, 0.3) is 11.1 Å². The second-order valence-corrected chi connectivity index (χ2v) is 8.26. The number of rotatable bonds is 5. The maximum Gasteiger partial charge on any atom is 0.416 e. The van der Waals surface area contributed by atoms with E-state index in [0.29, 0.717) is 5.56 Å². The van der Waals surface area contributed by atoms with Gasteiger partial charge in [-0.3, -0.25) is 9.69 Å². The summed E-state index contributed by atoms with van der Waals surface area (Å²) < 4.78 is 43.5. The van der Waals surface area contributed by atoms with Gasteiger partial charge >= 0.3 is 12.3 Å². The Balaban J connectivity index is 2.01. The Morgan fingerprint density at radius 2 is 1.65 bits per heavy atom. The largest absolute Gasteiger partial charge is 0.444 e. The van der Waals surface area contributed by atoms with Crippen molar-refractivity contribution in [1.29, 1.82) is 0 Å². The molecule has 0 aliphatic carbocycles. The highest BCUT2D eigenvalue weighted by atomic mass is 19.4. The van der Waals surface area contributed by atoms with Gasteiger partial charge in [-0.25, -0.2) is 4.79 Å². The van der Waals surface area contributed by atoms with Gasteiger partial charge in [0.2, 0.25) is 5.91 Å². The Kier molecular flexibility index (Phi) is 7.36. The quantitative estimate of drug-likeness (QED) is 0.697. The van der Waals surface area contributed by atoms with Crippen LogP contribution >= 0.6 is 0 Å². The number of carbonyl (C=O) groups excluding carboxylic acids is 2. The zero-order chi connectivity index (χ0) is 23.4. The van der Waals surface area contributed by atoms with Crippen LogP contribution in [0.5, 0.6) is 0 Å². The van der Waals surface area contributed by atoms with Gasteiger partial charge in [-0.2, -0.15) is 13.2 Å². The number of hydrogen-bond acceptors (Lipinski definition) is 3. The number of alkyl halides is 3. The highest BCUT2D eigenvalue weighted by Crippen LogP contribution is 2.31. The summed E-state index contributed by atoms with van der Waals surface area (Å²) in [5, 5.41) is 2.77. The molecule has 0 fully saturated rings. The molecule has 2 rings (SSSR count). The number of likely N-dealkylation sites (N-methyl/N-ethyl adjacent to an activating group) is 1. The monoisotopic (exact) mass is 436 g/mol. The number of hydrogen-bond donors (Lipinski definition) is 1. The summed E-state index contributed by atoms with van der Waals surface area (Å²) in [6.45, 7) is 7.03. The Bertz CT molecular complexity index is 919. The smallest absolute Gasteiger partial charge is 0.416 e. The number of benzene rings is 2. The second-order valence-electron chi connectivity index (χ2n) is 8.26. The third-order valence-electron chi connectivity index (χ3n) is 4.58. The standard InChI is InChI=1S/C23H27F3N2O3/c1-15(28(5)21(30)31-22(2,3)4)20(29)27-14-16-7-6-8-18(13-16)17-9-11-19(12-10-17)23(24,25)26/h6-13,15H,14H2,1-5H3,(H,27,29)/t15-/m0/s1. The van der Waals surface area contributed by atoms with Crippen LogP contribution < -0.4 is 5.32 Å². The minimum Gasteiger partial charge on any atom is -0.444 e. The molecule has 1 N–H and O–H groups in total. The Hall–Kier alpha value is -3.03. The van der Waals surface area contributed by atoms with Gasteiger partial charge in [-0.05, 0) is 62.6 Å². The van der Waals surface area contributed by atoms with Gasteiger partial charge in [0.1, 0.15) is 11.6 Å². The normalized spacial score (nSPS) is 12.8. The molecular formula is C23H27F3N2O3. The van der Waals surface area contributed by atoms with E-state index in [1.807, 2.05) is 0 Å². The lowest BCUT2D eigenvalue weighted by atomic mass is 10.0. The van der Waals surface area contributed by atoms with Crippen molar-refractivity contribution in [2.45, 2.75) is 52.1 Å². The second kappa shape index (κ2) is 9.41. The van der Waals surface area contributed by atoms with Gasteiger partial charge in [-0.1, -0.05) is 30.3 Å². The summed E-state index contributed by atoms with van der Waals surface area (Å²) in [4.78, 5) is 25.8. The van der Waals surface area contributed by atoms with Crippen molar-refractivity contribution in [1.82, 2.24) is 10.2 Å². The molecule has 0 saturated carbocycles. The van der Waals surface area contributed by atoms with Crippen LogP contribution in [0.3, 0.4) is 0 Å². The summed E-state index contributed by atoms with van der Waals surface area (Å²) in [5.41, 5.74) is 0.777. The molecule has 0 bridgehead atoms. The van der Waals surface area contributed by atoms with Crippen LogP contribution in [0.2, 0.25) is 0 Å². The van der Waals surface area contributed by atoms with E-state index in [-0.39, 0.29) is 12.5 Å². The third-order valence-corrected chi connectivity index (χ3v) is 4.58. The number of nitrogens with one attached hydrogen (secondary N) is 1. The summed E-state index contributed by atoms with van der Waals surface area (Å²) in [7, 11) is 1.49. The molecule has 0 heterocycles. The van der Waals surface area contributed by atoms with Crippen molar-refractivity contribution in [2.75, 3.05) is 7.05 Å². The molecule has 168 valence electrons. The number of amides is 2. The molecule has 2 amide bonds. The number of nitrogens with zero attached hydrogens (tertiary/aromatic N) is 1. The molecule has 5 nitrogen and oxygen atoms in total. The zero-order valence-electron chi connectivity index (χ0n) is 18.2. The predicted molar refractivity (Wildman–Crippen MR) is 112 cm³/mol. The molecule has 0 radical (unpaired) electrons. The summed E-state index contributed by atoms with van der Waals surface area (Å²) in [6, 6.07) is 11.3. The van der Waals surface area contributed by atoms with Crippen LogP contribution in [0.4, 0.5) is 18.0 Å². The molecule has 0 aromatic heterocycles. The van der Waals surface area contributed by atoms with Crippen LogP contribution in [0, 0.1) is 0 Å². The van der Waals surface area contributed by atoms with Gasteiger partial charge in [0.15, 0.2) is 0 Å². The maximum atomic E-state index is 12.7. The van der Waals surface area contributed by atoms with Gasteiger partial charge in [-0.15, -0.1) is 0 Å². The molecule has 0 aliphatic heterocycles. The lowest BCUT2D eigenvalue weighted by Crippen LogP contribution is -2.47. The van der Waals surface area contributed by atoms with Crippen LogP contribution in [0.1, 0.15) is 38.8 Å². The van der Waals surface area contributed by atoms with E-state index in [1.54, 1.807) is 52.0 Å². The van der Waals surface area contributed by atoms with Crippen molar-refractivity contribution < 1.29 is 27.5 Å². The summed E-state index contributed by atoms with van der Waals surface area (Å²) in [6.07, 6.45) is -4.98. The molecule has 0 unspecified atom stereocenters. The van der Waals surface area contributed by atoms with Crippen LogP contribution in [-0.4, -0.2) is 35.6 Å². The minimum atomic E-state index is -4.38. The van der Waals surface area contributed by atoms with E-state index in [4.69, 9.17) is 4.74 Å². The fourth-order valence-corrected chi connectivity index (χ4v) is 2.72. The SMILES string of the molecule is C[C@@H](C(=O)NCc1cccc(-c2ccc(C(F)(F)F)cc2)c1)N(C)C(=O)OC(C)(C)C. The summed E-state index contributed by atoms with van der Waals surface area (Å²) in [5.74, 6) is -0.353. The van der Waals surface area contributed by atoms with Gasteiger partial charge in [0, 0.05) is 13.6 Å². The summed E-state index contributed by atoms with van der Waals surface area (Å²) >= 11 is 0. The first kappa shape index (κ1) is 24.2. The molecule has 0 aliphatic rings. The van der Waals surface area contributed by atoms with E-state index in [9.17, 15) is 22.8 Å². The maximum absolute atomic E-state index is 12.7. The predicted octanol–water partition coefficient (Wildman–Crippen LogP) is 5.24. The number of halogens is 3. The van der Waals surface area contributed by atoms with E-state index in [0.717, 1.165) is 23.3 Å². The Labute approximate surface area is 180 Å². The molecule has 2 aromatic carbocycles. The Morgan fingerprint density at radius 1 is 1.03 bits per heavy atom. The topological polar surface area (TPSA) is 58.6 Å². The fraction of sp³-hybridized carbons (Fsp3) is 0.391. The highest BCUT2D eigenvalue weighted by molar-refractivity contribution is 5.85. The van der Waals surface area contributed by atoms with E-state index < -0.39 is 29.5 Å². The lowest BCUT2D eigenvalue weighted by molar-refractivity contribution is -0.137. The van der Waals surface area contributed by atoms with E-state index in [2.05, 4.69) is 5.32 Å². The van der Waals surface area contributed by atoms with Crippen molar-refractivity contribution in [3.05, 3.63) is 59.7 Å². The lowest BCUT2D eigenvalue weighted by Gasteiger charge is -2.28. The fourth-order valence-electron chi connectivity index (χ4n) is 2.72. The van der Waals surface area contributed by atoms with Crippen molar-refractivity contribution in [2.24, 2.45) is 0 Å². The molecule has 1 atom stereocenters. The molecular weight excluding hydrogens is 409 g/mol. The van der Waals surface area contributed by atoms with Gasteiger partial charge < -0.3 is 10.1 Å². The molecule has 0 saturated heterocycles. The van der Waals surface area contributed by atoms with Crippen molar-refractivity contribution >= 4 is 12.0 Å². The number of ether oxygens (including phenoxy) is 1. The first-order valence-corrected chi connectivity index (χ1v) is 9.78. The van der Waals surface area contributed by atoms with E-state index >= 15 is 0 Å². The molecule has 31 heavy (non-hydrogen) atoms. The first-order chi connectivity index (χ1) is 14.3. The zero-order valence-corrected chi connectivity index (χ0v) is 18.2. The van der Waals surface area contributed by atoms with Crippen molar-refractivity contribution in [3.8, 4) is 11.1 Å². The van der Waals surface area contributed by atoms with Gasteiger partial charge in [0.25, 0.3) is 0 Å². The highest BCUT2D eigenvalue weighted by Gasteiger charge is 2.30. The number of carbonyl (C=O) groups is 2. The van der Waals surface area contributed by atoms with E-state index in [1.165, 1.54) is 24.1 Å². The average molecular weight is 436 g/mol. The minimum absolute atomic E-state index is 0.208. The third kappa shape index (κ3) is 7.01. The average Bonchev–Trinajstić information content (AvgIpc) is 2.69. The first-order valence-electron chi connectivity index (χ1n) is 9.78. The van der Waals surface area contributed by atoms with Crippen molar-refractivity contribution in [3.63, 3.8) is 0 Å². The van der Waals surface area contributed by atoms with Gasteiger partial charge in [0.05, 0.1) is 5.56 Å². The molecule has 8 heteroatoms.